The van der Waals surface area contributed by atoms with Gasteiger partial charge in [-0.2, -0.15) is 0 Å². The van der Waals surface area contributed by atoms with E-state index in [0.29, 0.717) is 17.1 Å². The van der Waals surface area contributed by atoms with Crippen molar-refractivity contribution in [1.29, 1.82) is 0 Å². The van der Waals surface area contributed by atoms with Gasteiger partial charge >= 0.3 is 12.1 Å². The normalized spacial score (nSPS) is 12.1. The van der Waals surface area contributed by atoms with Crippen molar-refractivity contribution >= 4 is 17.7 Å². The molecule has 1 aromatic heterocycles. The fraction of sp³-hybridized carbons (Fsp3) is 0.273. The molecule has 0 bridgehead atoms. The summed E-state index contributed by atoms with van der Waals surface area (Å²) in [5.74, 6) is 0.00210. The molecule has 0 aliphatic heterocycles. The molecule has 8 heteroatoms. The smallest absolute Gasteiger partial charge is 0.412 e. The van der Waals surface area contributed by atoms with E-state index in [2.05, 4.69) is 15.5 Å². The lowest BCUT2D eigenvalue weighted by molar-refractivity contribution is 0.0279. The van der Waals surface area contributed by atoms with E-state index in [4.69, 9.17) is 13.9 Å². The Labute approximate surface area is 174 Å². The molecule has 0 radical (unpaired) electrons. The number of carbonyl (C=O) groups excluding carboxylic acids is 2. The molecule has 0 spiro atoms. The zero-order valence-corrected chi connectivity index (χ0v) is 17.2. The number of ether oxygens (including phenoxy) is 2. The molecule has 1 N–H and O–H groups in total. The van der Waals surface area contributed by atoms with E-state index in [0.717, 1.165) is 5.56 Å². The molecule has 0 aliphatic carbocycles. The summed E-state index contributed by atoms with van der Waals surface area (Å²) in [6, 6.07) is 15.6. The number of nitrogens with one attached hydrogen (secondary N) is 1. The highest BCUT2D eigenvalue weighted by Gasteiger charge is 2.20. The van der Waals surface area contributed by atoms with Gasteiger partial charge in [-0.25, -0.2) is 9.59 Å². The van der Waals surface area contributed by atoms with Crippen LogP contribution in [0.3, 0.4) is 0 Å². The Morgan fingerprint density at radius 2 is 1.67 bits per heavy atom. The summed E-state index contributed by atoms with van der Waals surface area (Å²) in [4.78, 5) is 24.2. The Morgan fingerprint density at radius 1 is 1.00 bits per heavy atom. The summed E-state index contributed by atoms with van der Waals surface area (Å²) in [7, 11) is 0. The number of carbonyl (C=O) groups is 2. The topological polar surface area (TPSA) is 104 Å². The second kappa shape index (κ2) is 8.77. The Kier molecular flexibility index (Phi) is 6.15. The Morgan fingerprint density at radius 3 is 2.30 bits per heavy atom. The van der Waals surface area contributed by atoms with E-state index in [1.54, 1.807) is 52.0 Å². The van der Waals surface area contributed by atoms with E-state index in [9.17, 15) is 9.59 Å². The first-order valence-electron chi connectivity index (χ1n) is 9.41. The number of hydrogen-bond acceptors (Lipinski definition) is 7. The minimum atomic E-state index is -0.720. The van der Waals surface area contributed by atoms with E-state index in [1.165, 1.54) is 0 Å². The van der Waals surface area contributed by atoms with E-state index in [1.807, 2.05) is 30.3 Å². The first-order chi connectivity index (χ1) is 14.2. The van der Waals surface area contributed by atoms with Crippen molar-refractivity contribution < 1.29 is 23.5 Å². The molecule has 0 saturated carbocycles. The van der Waals surface area contributed by atoms with E-state index >= 15 is 0 Å². The molecule has 0 saturated heterocycles. The van der Waals surface area contributed by atoms with Gasteiger partial charge in [-0.3, -0.25) is 5.32 Å². The van der Waals surface area contributed by atoms with Crippen LogP contribution in [0.5, 0.6) is 0 Å². The molecular weight excluding hydrogens is 386 g/mol. The number of hydrogen-bond donors (Lipinski definition) is 1. The van der Waals surface area contributed by atoms with Crippen molar-refractivity contribution in [2.24, 2.45) is 0 Å². The molecule has 8 nitrogen and oxygen atoms in total. The summed E-state index contributed by atoms with van der Waals surface area (Å²) < 4.78 is 16.2. The first-order valence-corrected chi connectivity index (χ1v) is 9.41. The molecule has 3 aromatic rings. The number of esters is 1. The van der Waals surface area contributed by atoms with Crippen LogP contribution in [-0.4, -0.2) is 27.9 Å². The van der Waals surface area contributed by atoms with Gasteiger partial charge in [0.05, 0.1) is 5.56 Å². The third kappa shape index (κ3) is 5.66. The molecule has 1 amide bonds. The van der Waals surface area contributed by atoms with Crippen molar-refractivity contribution in [3.8, 4) is 11.5 Å². The molecule has 1 heterocycles. The van der Waals surface area contributed by atoms with Crippen LogP contribution in [0.25, 0.3) is 11.5 Å². The lowest BCUT2D eigenvalue weighted by Crippen LogP contribution is -2.27. The van der Waals surface area contributed by atoms with Gasteiger partial charge < -0.3 is 13.9 Å². The summed E-state index contributed by atoms with van der Waals surface area (Å²) >= 11 is 0. The average Bonchev–Trinajstić information content (AvgIpc) is 3.18. The molecule has 3 rings (SSSR count). The van der Waals surface area contributed by atoms with E-state index < -0.39 is 23.8 Å². The largest absolute Gasteiger partial charge is 0.449 e. The molecule has 156 valence electrons. The fourth-order valence-corrected chi connectivity index (χ4v) is 2.49. The van der Waals surface area contributed by atoms with Crippen LogP contribution in [0.4, 0.5) is 10.5 Å². The van der Waals surface area contributed by atoms with Crippen LogP contribution in [0, 0.1) is 0 Å². The van der Waals surface area contributed by atoms with Crippen LogP contribution in [0.1, 0.15) is 50.0 Å². The Hall–Kier alpha value is -3.68. The highest BCUT2D eigenvalue weighted by Crippen LogP contribution is 2.23. The quantitative estimate of drug-likeness (QED) is 0.591. The number of aromatic nitrogens is 2. The molecule has 0 fully saturated rings. The van der Waals surface area contributed by atoms with E-state index in [-0.39, 0.29) is 5.89 Å². The van der Waals surface area contributed by atoms with Crippen LogP contribution >= 0.6 is 0 Å². The summed E-state index contributed by atoms with van der Waals surface area (Å²) in [5.41, 5.74) is 1.000. The van der Waals surface area contributed by atoms with Crippen LogP contribution < -0.4 is 5.32 Å². The zero-order chi connectivity index (χ0) is 21.7. The van der Waals surface area contributed by atoms with Crippen LogP contribution in [-0.2, 0) is 9.47 Å². The molecular formula is C22H23N3O5. The fourth-order valence-electron chi connectivity index (χ4n) is 2.49. The number of benzene rings is 2. The molecule has 30 heavy (non-hydrogen) atoms. The first kappa shape index (κ1) is 21.0. The van der Waals surface area contributed by atoms with Crippen molar-refractivity contribution in [1.82, 2.24) is 10.2 Å². The number of nitrogens with zero attached hydrogens (tertiary/aromatic N) is 2. The maximum Gasteiger partial charge on any atom is 0.412 e. The summed E-state index contributed by atoms with van der Waals surface area (Å²) in [6.07, 6.45) is -1.29. The monoisotopic (exact) mass is 409 g/mol. The molecule has 0 unspecified atom stereocenters. The maximum absolute atomic E-state index is 12.4. The predicted molar refractivity (Wildman–Crippen MR) is 110 cm³/mol. The van der Waals surface area contributed by atoms with Gasteiger partial charge in [-0.05, 0) is 64.1 Å². The predicted octanol–water partition coefficient (Wildman–Crippen LogP) is 5.00. The lowest BCUT2D eigenvalue weighted by Gasteiger charge is -2.19. The standard InChI is InChI=1S/C22H23N3O5/c1-14(18-24-25-19(29-18)15-8-6-5-7-9-15)28-20(26)16-10-12-17(13-11-16)23-21(27)30-22(2,3)4/h5-14H,1-4H3,(H,23,27)/t14-/m1/s1. The summed E-state index contributed by atoms with van der Waals surface area (Å²) in [6.45, 7) is 6.98. The Balaban J connectivity index is 1.59. The van der Waals surface area contributed by atoms with Gasteiger partial charge in [0, 0.05) is 11.3 Å². The lowest BCUT2D eigenvalue weighted by atomic mass is 10.2. The third-order valence-corrected chi connectivity index (χ3v) is 3.86. The van der Waals surface area contributed by atoms with Gasteiger partial charge in [-0.15, -0.1) is 10.2 Å². The minimum Gasteiger partial charge on any atom is -0.449 e. The summed E-state index contributed by atoms with van der Waals surface area (Å²) in [5, 5.41) is 10.6. The van der Waals surface area contributed by atoms with Gasteiger partial charge in [0.25, 0.3) is 5.89 Å². The maximum atomic E-state index is 12.4. The van der Waals surface area contributed by atoms with Crippen molar-refractivity contribution in [3.05, 3.63) is 66.1 Å². The highest BCUT2D eigenvalue weighted by molar-refractivity contribution is 5.91. The number of amides is 1. The van der Waals surface area contributed by atoms with Gasteiger partial charge in [-0.1, -0.05) is 18.2 Å². The zero-order valence-electron chi connectivity index (χ0n) is 17.2. The van der Waals surface area contributed by atoms with Crippen molar-refractivity contribution in [3.63, 3.8) is 0 Å². The number of rotatable bonds is 5. The second-order valence-electron chi connectivity index (χ2n) is 7.56. The Bertz CT molecular complexity index is 1010. The average molecular weight is 409 g/mol. The van der Waals surface area contributed by atoms with Crippen LogP contribution in [0.2, 0.25) is 0 Å². The minimum absolute atomic E-state index is 0.199. The number of anilines is 1. The molecule has 1 atom stereocenters. The molecule has 2 aromatic carbocycles. The van der Waals surface area contributed by atoms with Crippen LogP contribution in [0.15, 0.2) is 59.0 Å². The molecule has 0 aliphatic rings. The van der Waals surface area contributed by atoms with Crippen molar-refractivity contribution in [2.75, 3.05) is 5.32 Å². The highest BCUT2D eigenvalue weighted by atomic mass is 16.6. The van der Waals surface area contributed by atoms with Gasteiger partial charge in [0.1, 0.15) is 5.60 Å². The van der Waals surface area contributed by atoms with Gasteiger partial charge in [0.15, 0.2) is 6.10 Å². The SMILES string of the molecule is C[C@@H](OC(=O)c1ccc(NC(=O)OC(C)(C)C)cc1)c1nnc(-c2ccccc2)o1. The van der Waals surface area contributed by atoms with Gasteiger partial charge in [0.2, 0.25) is 5.89 Å². The van der Waals surface area contributed by atoms with Crippen molar-refractivity contribution in [2.45, 2.75) is 39.4 Å². The second-order valence-corrected chi connectivity index (χ2v) is 7.56. The third-order valence-electron chi connectivity index (χ3n) is 3.86.